The summed E-state index contributed by atoms with van der Waals surface area (Å²) in [6.45, 7) is -1.11. The van der Waals surface area contributed by atoms with Gasteiger partial charge in [0.2, 0.25) is 0 Å². The number of nitrogens with zero attached hydrogens (tertiary/aromatic N) is 2. The van der Waals surface area contributed by atoms with Crippen molar-refractivity contribution in [3.05, 3.63) is 35.2 Å². The molecule has 2 heterocycles. The first-order valence-electron chi connectivity index (χ1n) is 5.49. The predicted octanol–water partition coefficient (Wildman–Crippen LogP) is 3.81. The van der Waals surface area contributed by atoms with Crippen LogP contribution in [0, 0.1) is 4.77 Å². The Hall–Kier alpha value is -1.89. The van der Waals surface area contributed by atoms with Crippen molar-refractivity contribution in [1.82, 2.24) is 14.5 Å². The van der Waals surface area contributed by atoms with E-state index in [1.807, 2.05) is 0 Å². The SMILES string of the molecule is FC(F)(F)Cn1c(=S)[nH]c2cnc3ccccc3c21. The van der Waals surface area contributed by atoms with Crippen LogP contribution in [0.25, 0.3) is 21.9 Å². The summed E-state index contributed by atoms with van der Waals surface area (Å²) in [5.41, 5.74) is 1.58. The van der Waals surface area contributed by atoms with E-state index in [9.17, 15) is 13.2 Å². The molecule has 0 atom stereocenters. The maximum absolute atomic E-state index is 12.6. The summed E-state index contributed by atoms with van der Waals surface area (Å²) in [6, 6.07) is 7.04. The monoisotopic (exact) mass is 283 g/mol. The van der Waals surface area contributed by atoms with Crippen LogP contribution >= 0.6 is 12.2 Å². The van der Waals surface area contributed by atoms with Gasteiger partial charge < -0.3 is 9.55 Å². The van der Waals surface area contributed by atoms with Crippen molar-refractivity contribution >= 4 is 34.2 Å². The van der Waals surface area contributed by atoms with E-state index in [1.54, 1.807) is 24.3 Å². The third kappa shape index (κ3) is 2.10. The second-order valence-electron chi connectivity index (χ2n) is 4.17. The van der Waals surface area contributed by atoms with Crippen molar-refractivity contribution in [1.29, 1.82) is 0 Å². The lowest BCUT2D eigenvalue weighted by atomic mass is 10.2. The van der Waals surface area contributed by atoms with E-state index in [2.05, 4.69) is 9.97 Å². The molecule has 0 aliphatic carbocycles. The van der Waals surface area contributed by atoms with Gasteiger partial charge in [0.15, 0.2) is 4.77 Å². The fourth-order valence-corrected chi connectivity index (χ4v) is 2.39. The summed E-state index contributed by atoms with van der Waals surface area (Å²) < 4.78 is 39.0. The van der Waals surface area contributed by atoms with Crippen molar-refractivity contribution in [3.63, 3.8) is 0 Å². The summed E-state index contributed by atoms with van der Waals surface area (Å²) in [4.78, 5) is 6.95. The Bertz CT molecular complexity index is 816. The molecule has 1 aromatic carbocycles. The first-order chi connectivity index (χ1) is 8.96. The number of para-hydroxylation sites is 1. The van der Waals surface area contributed by atoms with Crippen LogP contribution in [0.2, 0.25) is 0 Å². The Morgan fingerprint density at radius 3 is 2.74 bits per heavy atom. The molecule has 0 aliphatic rings. The van der Waals surface area contributed by atoms with E-state index in [1.165, 1.54) is 6.20 Å². The zero-order valence-electron chi connectivity index (χ0n) is 9.53. The number of hydrogen-bond donors (Lipinski definition) is 1. The largest absolute Gasteiger partial charge is 0.406 e. The third-order valence-electron chi connectivity index (χ3n) is 2.84. The van der Waals surface area contributed by atoms with Crippen LogP contribution in [0.3, 0.4) is 0 Å². The summed E-state index contributed by atoms with van der Waals surface area (Å²) >= 11 is 4.96. The van der Waals surface area contributed by atoms with E-state index in [4.69, 9.17) is 12.2 Å². The number of nitrogens with one attached hydrogen (secondary N) is 1. The highest BCUT2D eigenvalue weighted by Crippen LogP contribution is 2.26. The van der Waals surface area contributed by atoms with Crippen molar-refractivity contribution in [3.8, 4) is 0 Å². The van der Waals surface area contributed by atoms with Gasteiger partial charge >= 0.3 is 6.18 Å². The Morgan fingerprint density at radius 1 is 1.26 bits per heavy atom. The van der Waals surface area contributed by atoms with Gasteiger partial charge in [-0.3, -0.25) is 4.98 Å². The van der Waals surface area contributed by atoms with Crippen LogP contribution in [0.5, 0.6) is 0 Å². The van der Waals surface area contributed by atoms with Crippen LogP contribution in [-0.4, -0.2) is 20.7 Å². The van der Waals surface area contributed by atoms with Crippen molar-refractivity contribution in [2.24, 2.45) is 0 Å². The fourth-order valence-electron chi connectivity index (χ4n) is 2.12. The Balaban J connectivity index is 2.40. The Labute approximate surface area is 110 Å². The molecular weight excluding hydrogens is 275 g/mol. The Morgan fingerprint density at radius 2 is 2.00 bits per heavy atom. The zero-order chi connectivity index (χ0) is 13.6. The molecule has 0 unspecified atom stereocenters. The number of aromatic amines is 1. The first kappa shape index (κ1) is 12.2. The van der Waals surface area contributed by atoms with Crippen LogP contribution in [0.1, 0.15) is 0 Å². The summed E-state index contributed by atoms with van der Waals surface area (Å²) in [6.07, 6.45) is -2.82. The highest BCUT2D eigenvalue weighted by molar-refractivity contribution is 7.71. The van der Waals surface area contributed by atoms with Crippen molar-refractivity contribution in [2.45, 2.75) is 12.7 Å². The number of halogens is 3. The number of rotatable bonds is 1. The van der Waals surface area contributed by atoms with Gasteiger partial charge in [0, 0.05) is 5.39 Å². The fraction of sp³-hybridized carbons (Fsp3) is 0.167. The summed E-state index contributed by atoms with van der Waals surface area (Å²) in [5.74, 6) is 0. The molecular formula is C12H8F3N3S. The van der Waals surface area contributed by atoms with Crippen LogP contribution in [0.4, 0.5) is 13.2 Å². The van der Waals surface area contributed by atoms with Gasteiger partial charge in [0.05, 0.1) is 22.7 Å². The minimum absolute atomic E-state index is 0.0467. The van der Waals surface area contributed by atoms with Crippen LogP contribution < -0.4 is 0 Å². The van der Waals surface area contributed by atoms with Gasteiger partial charge in [0.1, 0.15) is 6.54 Å². The smallest absolute Gasteiger partial charge is 0.329 e. The average molecular weight is 283 g/mol. The van der Waals surface area contributed by atoms with E-state index in [-0.39, 0.29) is 4.77 Å². The normalized spacial score (nSPS) is 12.4. The van der Waals surface area contributed by atoms with E-state index < -0.39 is 12.7 Å². The minimum Gasteiger partial charge on any atom is -0.329 e. The standard InChI is InChI=1S/C12H8F3N3S/c13-12(14,15)6-18-10-7-3-1-2-4-8(7)16-5-9(10)17-11(18)19/h1-5H,6H2,(H,17,19). The lowest BCUT2D eigenvalue weighted by Crippen LogP contribution is -2.17. The lowest BCUT2D eigenvalue weighted by molar-refractivity contribution is -0.140. The molecule has 0 amide bonds. The first-order valence-corrected chi connectivity index (χ1v) is 5.89. The number of alkyl halides is 3. The van der Waals surface area contributed by atoms with Gasteiger partial charge in [-0.1, -0.05) is 18.2 Å². The van der Waals surface area contributed by atoms with Crippen LogP contribution in [0.15, 0.2) is 30.5 Å². The van der Waals surface area contributed by atoms with Gasteiger partial charge in [-0.2, -0.15) is 13.2 Å². The number of hydrogen-bond acceptors (Lipinski definition) is 2. The predicted molar refractivity (Wildman–Crippen MR) is 68.5 cm³/mol. The molecule has 0 saturated heterocycles. The third-order valence-corrected chi connectivity index (χ3v) is 3.16. The molecule has 2 aromatic heterocycles. The van der Waals surface area contributed by atoms with Gasteiger partial charge in [-0.15, -0.1) is 0 Å². The molecule has 0 bridgehead atoms. The summed E-state index contributed by atoms with van der Waals surface area (Å²) in [7, 11) is 0. The average Bonchev–Trinajstić information content (AvgIpc) is 2.64. The maximum Gasteiger partial charge on any atom is 0.406 e. The lowest BCUT2D eigenvalue weighted by Gasteiger charge is -2.09. The molecule has 1 N–H and O–H groups in total. The zero-order valence-corrected chi connectivity index (χ0v) is 10.3. The maximum atomic E-state index is 12.6. The van der Waals surface area contributed by atoms with E-state index in [0.717, 1.165) is 4.57 Å². The molecule has 19 heavy (non-hydrogen) atoms. The molecule has 98 valence electrons. The molecule has 0 spiro atoms. The van der Waals surface area contributed by atoms with Crippen molar-refractivity contribution in [2.75, 3.05) is 0 Å². The minimum atomic E-state index is -4.32. The van der Waals surface area contributed by atoms with Crippen molar-refractivity contribution < 1.29 is 13.2 Å². The second kappa shape index (κ2) is 4.06. The molecule has 0 aliphatic heterocycles. The molecule has 3 aromatic rings. The van der Waals surface area contributed by atoms with Gasteiger partial charge in [0.25, 0.3) is 0 Å². The van der Waals surface area contributed by atoms with E-state index >= 15 is 0 Å². The number of imidazole rings is 1. The molecule has 7 heteroatoms. The number of H-pyrrole nitrogens is 1. The van der Waals surface area contributed by atoms with Gasteiger partial charge in [-0.25, -0.2) is 0 Å². The molecule has 3 rings (SSSR count). The topological polar surface area (TPSA) is 33.6 Å². The highest BCUT2D eigenvalue weighted by atomic mass is 32.1. The molecule has 0 fully saturated rings. The molecule has 3 nitrogen and oxygen atoms in total. The number of fused-ring (bicyclic) bond motifs is 3. The number of benzene rings is 1. The quantitative estimate of drug-likeness (QED) is 0.689. The Kier molecular flexibility index (Phi) is 2.60. The number of aromatic nitrogens is 3. The highest BCUT2D eigenvalue weighted by Gasteiger charge is 2.29. The van der Waals surface area contributed by atoms with Crippen LogP contribution in [-0.2, 0) is 6.54 Å². The number of pyridine rings is 1. The van der Waals surface area contributed by atoms with E-state index in [0.29, 0.717) is 21.9 Å². The molecule has 0 radical (unpaired) electrons. The van der Waals surface area contributed by atoms with Gasteiger partial charge in [-0.05, 0) is 18.3 Å². The summed E-state index contributed by atoms with van der Waals surface area (Å²) in [5, 5.41) is 0.650. The molecule has 0 saturated carbocycles. The second-order valence-corrected chi connectivity index (χ2v) is 4.56.